The van der Waals surface area contributed by atoms with E-state index in [0.717, 1.165) is 25.4 Å². The van der Waals surface area contributed by atoms with E-state index in [1.54, 1.807) is 21.5 Å². The average molecular weight is 451 g/mol. The second-order valence-electron chi connectivity index (χ2n) is 5.53. The molecule has 0 atom stereocenters. The Morgan fingerprint density at radius 3 is 2.96 bits per heavy atom. The fraction of sp³-hybridized carbons (Fsp3) is 0.235. The third-order valence-corrected chi connectivity index (χ3v) is 8.66. The normalized spacial score (nSPS) is 15.2. The molecule has 134 valence electrons. The minimum atomic E-state index is -0.0594. The van der Waals surface area contributed by atoms with Gasteiger partial charge >= 0.3 is 165 Å². The molecule has 1 amide bonds. The first-order chi connectivity index (χ1) is 12.8. The van der Waals surface area contributed by atoms with Crippen LogP contribution in [0.2, 0.25) is 0 Å². The number of ether oxygens (including phenoxy) is 1. The Hall–Kier alpha value is -1.48. The summed E-state index contributed by atoms with van der Waals surface area (Å²) in [5.74, 6) is -0.0594. The van der Waals surface area contributed by atoms with Gasteiger partial charge in [0.2, 0.25) is 0 Å². The number of hydrogen-bond acceptors (Lipinski definition) is 7. The Morgan fingerprint density at radius 2 is 2.08 bits per heavy atom. The van der Waals surface area contributed by atoms with Crippen molar-refractivity contribution in [1.82, 2.24) is 20.4 Å². The average Bonchev–Trinajstić information content (AvgIpc) is 3.15. The van der Waals surface area contributed by atoms with E-state index < -0.39 is 0 Å². The molecule has 0 aliphatic carbocycles. The molecule has 1 aliphatic heterocycles. The molecule has 6 nitrogen and oxygen atoms in total. The molecule has 0 bridgehead atoms. The van der Waals surface area contributed by atoms with Crippen molar-refractivity contribution in [3.8, 4) is 0 Å². The van der Waals surface area contributed by atoms with Crippen LogP contribution in [0.25, 0.3) is 10.3 Å². The van der Waals surface area contributed by atoms with Crippen LogP contribution in [0.3, 0.4) is 0 Å². The number of nitrogens with zero attached hydrogens (tertiary/aromatic N) is 3. The molecule has 0 radical (unpaired) electrons. The summed E-state index contributed by atoms with van der Waals surface area (Å²) in [6, 6.07) is 11.8. The quantitative estimate of drug-likeness (QED) is 0.596. The number of pyridine rings is 1. The molecule has 1 saturated heterocycles. The molecular weight excluding hydrogens is 435 g/mol. The summed E-state index contributed by atoms with van der Waals surface area (Å²) >= 11 is 1.59. The van der Waals surface area contributed by atoms with Crippen LogP contribution in [0, 0.1) is 0 Å². The van der Waals surface area contributed by atoms with Gasteiger partial charge in [-0.15, -0.1) is 0 Å². The summed E-state index contributed by atoms with van der Waals surface area (Å²) < 4.78 is 6.38. The van der Waals surface area contributed by atoms with Crippen LogP contribution in [0.5, 0.6) is 0 Å². The van der Waals surface area contributed by atoms with E-state index >= 15 is 0 Å². The molecule has 1 aliphatic rings. The van der Waals surface area contributed by atoms with E-state index in [2.05, 4.69) is 15.4 Å². The van der Waals surface area contributed by atoms with Crippen molar-refractivity contribution in [2.45, 2.75) is 5.03 Å². The fourth-order valence-electron chi connectivity index (χ4n) is 2.47. The van der Waals surface area contributed by atoms with Crippen molar-refractivity contribution in [2.75, 3.05) is 26.3 Å². The summed E-state index contributed by atoms with van der Waals surface area (Å²) in [4.78, 5) is 22.5. The van der Waals surface area contributed by atoms with E-state index in [1.165, 1.54) is 0 Å². The Labute approximate surface area is 164 Å². The topological polar surface area (TPSA) is 67.4 Å². The van der Waals surface area contributed by atoms with Gasteiger partial charge in [0.1, 0.15) is 0 Å². The zero-order valence-electron chi connectivity index (χ0n) is 13.8. The minimum absolute atomic E-state index is 0.0459. The molecule has 1 aromatic carbocycles. The molecule has 0 unspecified atom stereocenters. The second kappa shape index (κ2) is 8.47. The molecule has 26 heavy (non-hydrogen) atoms. The van der Waals surface area contributed by atoms with Crippen LogP contribution >= 0.6 is 21.5 Å². The number of benzene rings is 1. The number of carbonyl (C=O) groups is 1. The Balaban J connectivity index is 1.45. The van der Waals surface area contributed by atoms with E-state index in [4.69, 9.17) is 4.74 Å². The second-order valence-corrected chi connectivity index (χ2v) is 10.1. The van der Waals surface area contributed by atoms with Crippen LogP contribution in [-0.2, 0) is 4.74 Å². The molecule has 3 aromatic rings. The Bertz CT molecular complexity index is 914. The maximum atomic E-state index is 12.7. The van der Waals surface area contributed by atoms with Gasteiger partial charge in [0.15, 0.2) is 0 Å². The van der Waals surface area contributed by atoms with E-state index in [9.17, 15) is 4.79 Å². The zero-order valence-corrected chi connectivity index (χ0v) is 17.1. The third-order valence-electron chi connectivity index (χ3n) is 3.79. The molecule has 1 N–H and O–H groups in total. The SMILES string of the molecule is O=C(NN1CCOCC1)c1ccccc1[Se]Sc1ccc2ncsc2n1. The maximum absolute atomic E-state index is 12.7. The molecule has 0 saturated carbocycles. The molecule has 1 fully saturated rings. The number of morpholine rings is 1. The molecule has 9 heteroatoms. The van der Waals surface area contributed by atoms with Gasteiger partial charge in [-0.2, -0.15) is 0 Å². The van der Waals surface area contributed by atoms with Crippen LogP contribution in [0.4, 0.5) is 0 Å². The van der Waals surface area contributed by atoms with Crippen LogP contribution < -0.4 is 9.89 Å². The number of hydrazine groups is 1. The van der Waals surface area contributed by atoms with Gasteiger partial charge in [-0.05, 0) is 0 Å². The zero-order chi connectivity index (χ0) is 17.8. The fourth-order valence-corrected chi connectivity index (χ4v) is 6.87. The van der Waals surface area contributed by atoms with Crippen molar-refractivity contribution in [3.63, 3.8) is 0 Å². The van der Waals surface area contributed by atoms with Gasteiger partial charge in [-0.1, -0.05) is 0 Å². The number of aromatic nitrogens is 2. The van der Waals surface area contributed by atoms with Crippen molar-refractivity contribution < 1.29 is 9.53 Å². The van der Waals surface area contributed by atoms with E-state index in [-0.39, 0.29) is 19.7 Å². The predicted octanol–water partition coefficient (Wildman–Crippen LogP) is 1.71. The molecule has 4 rings (SSSR count). The van der Waals surface area contributed by atoms with E-state index in [0.29, 0.717) is 26.3 Å². The van der Waals surface area contributed by atoms with Crippen LogP contribution in [0.1, 0.15) is 10.4 Å². The number of fused-ring (bicyclic) bond motifs is 1. The summed E-state index contributed by atoms with van der Waals surface area (Å²) in [6.07, 6.45) is 0. The van der Waals surface area contributed by atoms with Gasteiger partial charge in [0.25, 0.3) is 0 Å². The number of rotatable bonds is 5. The molecule has 0 spiro atoms. The number of amides is 1. The number of thiazole rings is 1. The molecular formula is C17H16N4O2S2Se. The third kappa shape index (κ3) is 4.25. The standard InChI is InChI=1S/C17H16N4O2S2Se/c22-16(20-21-7-9-23-10-8-21)12-3-1-2-4-14(12)26-25-15-6-5-13-17(19-15)24-11-18-13/h1-6,11H,7-10H2,(H,20,22). The van der Waals surface area contributed by atoms with Gasteiger partial charge in [-0.25, -0.2) is 0 Å². The van der Waals surface area contributed by atoms with Crippen molar-refractivity contribution in [1.29, 1.82) is 0 Å². The van der Waals surface area contributed by atoms with Crippen molar-refractivity contribution in [2.24, 2.45) is 0 Å². The van der Waals surface area contributed by atoms with Gasteiger partial charge in [0.05, 0.1) is 0 Å². The van der Waals surface area contributed by atoms with Crippen molar-refractivity contribution in [3.05, 3.63) is 47.5 Å². The Morgan fingerprint density at radius 1 is 1.23 bits per heavy atom. The van der Waals surface area contributed by atoms with Crippen LogP contribution in [0.15, 0.2) is 46.9 Å². The summed E-state index contributed by atoms with van der Waals surface area (Å²) in [5, 5.41) is 2.88. The summed E-state index contributed by atoms with van der Waals surface area (Å²) in [5.41, 5.74) is 6.45. The summed E-state index contributed by atoms with van der Waals surface area (Å²) in [7, 11) is 1.69. The van der Waals surface area contributed by atoms with Crippen LogP contribution in [-0.4, -0.2) is 61.0 Å². The van der Waals surface area contributed by atoms with Crippen molar-refractivity contribution >= 4 is 56.1 Å². The first kappa shape index (κ1) is 17.9. The molecule has 3 heterocycles. The van der Waals surface area contributed by atoms with Gasteiger partial charge in [0, 0.05) is 0 Å². The Kier molecular flexibility index (Phi) is 5.84. The first-order valence-electron chi connectivity index (χ1n) is 8.07. The van der Waals surface area contributed by atoms with Gasteiger partial charge < -0.3 is 0 Å². The van der Waals surface area contributed by atoms with Gasteiger partial charge in [-0.3, -0.25) is 0 Å². The predicted molar refractivity (Wildman–Crippen MR) is 105 cm³/mol. The summed E-state index contributed by atoms with van der Waals surface area (Å²) in [6.45, 7) is 2.72. The number of hydrogen-bond donors (Lipinski definition) is 1. The first-order valence-corrected chi connectivity index (χ1v) is 12.6. The molecule has 2 aromatic heterocycles. The van der Waals surface area contributed by atoms with E-state index in [1.807, 2.05) is 46.9 Å². The monoisotopic (exact) mass is 452 g/mol. The number of nitrogens with one attached hydrogen (secondary N) is 1. The number of carbonyl (C=O) groups excluding carboxylic acids is 1.